The molecule has 0 radical (unpaired) electrons. The summed E-state index contributed by atoms with van der Waals surface area (Å²) in [6.07, 6.45) is 0. The molecule has 0 aliphatic heterocycles. The molecule has 0 aliphatic carbocycles. The summed E-state index contributed by atoms with van der Waals surface area (Å²) in [7, 11) is -2.88. The van der Waals surface area contributed by atoms with Crippen LogP contribution in [0.3, 0.4) is 0 Å². The second-order valence-corrected chi connectivity index (χ2v) is 7.26. The molecule has 1 aromatic heterocycles. The van der Waals surface area contributed by atoms with E-state index in [1.54, 1.807) is 18.3 Å². The first kappa shape index (κ1) is 12.4. The Hall–Kier alpha value is -1.07. The summed E-state index contributed by atoms with van der Waals surface area (Å²) in [6.45, 7) is 2.14. The van der Waals surface area contributed by atoms with Gasteiger partial charge in [-0.05, 0) is 35.0 Å². The molecule has 0 unspecified atom stereocenters. The molecule has 0 atom stereocenters. The number of sulfone groups is 1. The lowest BCUT2D eigenvalue weighted by atomic mass is 10.2. The normalized spacial score (nSPS) is 11.8. The van der Waals surface area contributed by atoms with Gasteiger partial charge in [0.1, 0.15) is 0 Å². The van der Waals surface area contributed by atoms with Crippen LogP contribution < -0.4 is 5.32 Å². The van der Waals surface area contributed by atoms with Gasteiger partial charge in [-0.2, -0.15) is 0 Å². The highest BCUT2D eigenvalue weighted by Crippen LogP contribution is 2.23. The Labute approximate surface area is 105 Å². The number of fused-ring (bicyclic) bond motifs is 1. The van der Waals surface area contributed by atoms with Gasteiger partial charge < -0.3 is 5.32 Å². The Balaban J connectivity index is 1.99. The van der Waals surface area contributed by atoms with Crippen molar-refractivity contribution < 1.29 is 8.42 Å². The molecule has 0 aliphatic rings. The molecule has 1 aromatic carbocycles. The maximum atomic E-state index is 11.3. The van der Waals surface area contributed by atoms with E-state index in [9.17, 15) is 8.42 Å². The third-order valence-corrected chi connectivity index (χ3v) is 5.24. The minimum Gasteiger partial charge on any atom is -0.384 e. The molecule has 17 heavy (non-hydrogen) atoms. The smallest absolute Gasteiger partial charge is 0.151 e. The van der Waals surface area contributed by atoms with Crippen molar-refractivity contribution in [2.45, 2.75) is 6.92 Å². The summed E-state index contributed by atoms with van der Waals surface area (Å²) < 4.78 is 23.9. The zero-order valence-electron chi connectivity index (χ0n) is 9.64. The van der Waals surface area contributed by atoms with Crippen LogP contribution >= 0.6 is 11.3 Å². The highest BCUT2D eigenvalue weighted by Gasteiger charge is 2.06. The second-order valence-electron chi connectivity index (χ2n) is 3.84. The molecule has 2 aromatic rings. The van der Waals surface area contributed by atoms with Crippen molar-refractivity contribution in [2.75, 3.05) is 23.4 Å². The maximum Gasteiger partial charge on any atom is 0.151 e. The summed E-state index contributed by atoms with van der Waals surface area (Å²) in [5.41, 5.74) is 0.974. The molecular weight excluding hydrogens is 254 g/mol. The van der Waals surface area contributed by atoms with E-state index in [1.165, 1.54) is 10.1 Å². The zero-order valence-corrected chi connectivity index (χ0v) is 11.3. The van der Waals surface area contributed by atoms with Gasteiger partial charge in [-0.15, -0.1) is 11.3 Å². The minimum atomic E-state index is -2.88. The zero-order chi connectivity index (χ0) is 12.3. The van der Waals surface area contributed by atoms with Gasteiger partial charge in [0.2, 0.25) is 0 Å². The highest BCUT2D eigenvalue weighted by molar-refractivity contribution is 7.91. The molecule has 3 nitrogen and oxygen atoms in total. The van der Waals surface area contributed by atoms with E-state index >= 15 is 0 Å². The predicted molar refractivity (Wildman–Crippen MR) is 74.6 cm³/mol. The summed E-state index contributed by atoms with van der Waals surface area (Å²) >= 11 is 1.70. The van der Waals surface area contributed by atoms with Crippen LogP contribution in [-0.2, 0) is 9.84 Å². The minimum absolute atomic E-state index is 0.186. The van der Waals surface area contributed by atoms with Crippen LogP contribution in [0, 0.1) is 0 Å². The Kier molecular flexibility index (Phi) is 3.69. The van der Waals surface area contributed by atoms with Gasteiger partial charge in [0.05, 0.1) is 5.75 Å². The van der Waals surface area contributed by atoms with Gasteiger partial charge in [0.25, 0.3) is 0 Å². The molecule has 0 spiro atoms. The lowest BCUT2D eigenvalue weighted by Crippen LogP contribution is -2.17. The quantitative estimate of drug-likeness (QED) is 0.908. The molecule has 0 saturated carbocycles. The largest absolute Gasteiger partial charge is 0.384 e. The first-order valence-electron chi connectivity index (χ1n) is 5.52. The molecule has 2 rings (SSSR count). The van der Waals surface area contributed by atoms with Gasteiger partial charge in [-0.3, -0.25) is 0 Å². The third kappa shape index (κ3) is 3.20. The van der Waals surface area contributed by atoms with Crippen molar-refractivity contribution in [2.24, 2.45) is 0 Å². The van der Waals surface area contributed by atoms with Gasteiger partial charge >= 0.3 is 0 Å². The highest BCUT2D eigenvalue weighted by atomic mass is 32.2. The first-order chi connectivity index (χ1) is 8.11. The van der Waals surface area contributed by atoms with Crippen LogP contribution in [0.2, 0.25) is 0 Å². The van der Waals surface area contributed by atoms with E-state index < -0.39 is 9.84 Å². The second kappa shape index (κ2) is 5.06. The molecule has 0 fully saturated rings. The van der Waals surface area contributed by atoms with E-state index in [1.807, 2.05) is 12.1 Å². The number of thiophene rings is 1. The standard InChI is InChI=1S/C12H15NO2S2/c1-2-17(14,15)8-6-13-11-3-4-12-10(9-11)5-7-16-12/h3-5,7,9,13H,2,6,8H2,1H3. The Morgan fingerprint density at radius 3 is 2.88 bits per heavy atom. The lowest BCUT2D eigenvalue weighted by Gasteiger charge is -2.06. The van der Waals surface area contributed by atoms with Crippen LogP contribution in [0.1, 0.15) is 6.92 Å². The third-order valence-electron chi connectivity index (χ3n) is 2.63. The summed E-state index contributed by atoms with van der Waals surface area (Å²) in [5.74, 6) is 0.392. The van der Waals surface area contributed by atoms with Crippen LogP contribution in [0.4, 0.5) is 5.69 Å². The van der Waals surface area contributed by atoms with Crippen molar-refractivity contribution >= 4 is 36.9 Å². The number of benzene rings is 1. The number of nitrogens with one attached hydrogen (secondary N) is 1. The Morgan fingerprint density at radius 2 is 2.12 bits per heavy atom. The predicted octanol–water partition coefficient (Wildman–Crippen LogP) is 2.75. The summed E-state index contributed by atoms with van der Waals surface area (Å²) in [5, 5.41) is 6.39. The monoisotopic (exact) mass is 269 g/mol. The van der Waals surface area contributed by atoms with Crippen LogP contribution in [0.15, 0.2) is 29.6 Å². The maximum absolute atomic E-state index is 11.3. The molecular formula is C12H15NO2S2. The Morgan fingerprint density at radius 1 is 1.29 bits per heavy atom. The number of hydrogen-bond donors (Lipinski definition) is 1. The lowest BCUT2D eigenvalue weighted by molar-refractivity contribution is 0.597. The van der Waals surface area contributed by atoms with E-state index in [4.69, 9.17) is 0 Å². The van der Waals surface area contributed by atoms with E-state index in [2.05, 4.69) is 22.8 Å². The van der Waals surface area contributed by atoms with E-state index in [0.717, 1.165) is 5.69 Å². The van der Waals surface area contributed by atoms with Gasteiger partial charge in [0.15, 0.2) is 9.84 Å². The summed E-state index contributed by atoms with van der Waals surface area (Å²) in [6, 6.07) is 8.15. The van der Waals surface area contributed by atoms with Gasteiger partial charge in [0, 0.05) is 22.7 Å². The van der Waals surface area contributed by atoms with Gasteiger partial charge in [-0.1, -0.05) is 6.92 Å². The number of hydrogen-bond acceptors (Lipinski definition) is 4. The average molecular weight is 269 g/mol. The Bertz CT molecular complexity index is 602. The SMILES string of the molecule is CCS(=O)(=O)CCNc1ccc2sccc2c1. The number of rotatable bonds is 5. The average Bonchev–Trinajstić information content (AvgIpc) is 2.76. The topological polar surface area (TPSA) is 46.2 Å². The molecule has 92 valence electrons. The van der Waals surface area contributed by atoms with Crippen molar-refractivity contribution in [3.63, 3.8) is 0 Å². The fraction of sp³-hybridized carbons (Fsp3) is 0.333. The molecule has 5 heteroatoms. The summed E-state index contributed by atoms with van der Waals surface area (Å²) in [4.78, 5) is 0. The van der Waals surface area contributed by atoms with Crippen LogP contribution in [-0.4, -0.2) is 26.5 Å². The van der Waals surface area contributed by atoms with Crippen molar-refractivity contribution in [1.29, 1.82) is 0 Å². The molecule has 0 amide bonds. The fourth-order valence-corrected chi connectivity index (χ4v) is 3.04. The molecule has 0 saturated heterocycles. The van der Waals surface area contributed by atoms with E-state index in [-0.39, 0.29) is 11.5 Å². The van der Waals surface area contributed by atoms with Crippen LogP contribution in [0.25, 0.3) is 10.1 Å². The van der Waals surface area contributed by atoms with Crippen molar-refractivity contribution in [3.05, 3.63) is 29.6 Å². The first-order valence-corrected chi connectivity index (χ1v) is 8.22. The van der Waals surface area contributed by atoms with Gasteiger partial charge in [-0.25, -0.2) is 8.42 Å². The fourth-order valence-electron chi connectivity index (χ4n) is 1.57. The van der Waals surface area contributed by atoms with Crippen molar-refractivity contribution in [1.82, 2.24) is 0 Å². The number of anilines is 1. The molecule has 1 N–H and O–H groups in total. The van der Waals surface area contributed by atoms with E-state index in [0.29, 0.717) is 6.54 Å². The van der Waals surface area contributed by atoms with Crippen molar-refractivity contribution in [3.8, 4) is 0 Å². The van der Waals surface area contributed by atoms with Crippen LogP contribution in [0.5, 0.6) is 0 Å². The molecule has 0 bridgehead atoms. The molecule has 1 heterocycles.